The van der Waals surface area contributed by atoms with Crippen LogP contribution in [0.3, 0.4) is 0 Å². The van der Waals surface area contributed by atoms with Crippen LogP contribution in [0.4, 0.5) is 5.69 Å². The number of nitrogens with one attached hydrogen (secondary N) is 2. The van der Waals surface area contributed by atoms with Crippen LogP contribution in [0.1, 0.15) is 39.7 Å². The minimum absolute atomic E-state index is 0.157. The van der Waals surface area contributed by atoms with Gasteiger partial charge in [-0.2, -0.15) is 5.10 Å². The molecule has 0 aliphatic carbocycles. The Hall–Kier alpha value is -2.54. The standard InChI is InChI=1S/C22H35N5O2/c1-17(2)16-28-12-6-11-23-22(24-13-19-14-25-27(5)15-19)26-20-7-9-21(10-8-20)29-18(3)4/h7-10,14-15,17-18H,6,11-13,16H2,1-5H3,(H2,23,24,26). The fraction of sp³-hybridized carbons (Fsp3) is 0.545. The first-order chi connectivity index (χ1) is 13.9. The Balaban J connectivity index is 1.92. The lowest BCUT2D eigenvalue weighted by molar-refractivity contribution is 0.108. The molecule has 0 radical (unpaired) electrons. The van der Waals surface area contributed by atoms with Gasteiger partial charge in [-0.1, -0.05) is 13.8 Å². The number of nitrogens with zero attached hydrogens (tertiary/aromatic N) is 3. The van der Waals surface area contributed by atoms with Crippen LogP contribution in [0, 0.1) is 5.92 Å². The molecule has 1 aromatic carbocycles. The lowest BCUT2D eigenvalue weighted by Gasteiger charge is -2.14. The van der Waals surface area contributed by atoms with E-state index in [2.05, 4.69) is 34.6 Å². The van der Waals surface area contributed by atoms with Gasteiger partial charge in [-0.05, 0) is 50.5 Å². The average Bonchev–Trinajstić information content (AvgIpc) is 3.08. The molecule has 0 saturated carbocycles. The summed E-state index contributed by atoms with van der Waals surface area (Å²) in [5.74, 6) is 2.15. The van der Waals surface area contributed by atoms with E-state index >= 15 is 0 Å². The van der Waals surface area contributed by atoms with Crippen LogP contribution in [0.2, 0.25) is 0 Å². The predicted octanol–water partition coefficient (Wildman–Crippen LogP) is 3.83. The van der Waals surface area contributed by atoms with E-state index < -0.39 is 0 Å². The van der Waals surface area contributed by atoms with Gasteiger partial charge < -0.3 is 20.1 Å². The predicted molar refractivity (Wildman–Crippen MR) is 118 cm³/mol. The first-order valence-electron chi connectivity index (χ1n) is 10.3. The smallest absolute Gasteiger partial charge is 0.196 e. The number of benzene rings is 1. The van der Waals surface area contributed by atoms with E-state index in [1.807, 2.05) is 57.6 Å². The number of ether oxygens (including phenoxy) is 2. The zero-order valence-corrected chi connectivity index (χ0v) is 18.3. The van der Waals surface area contributed by atoms with Crippen molar-refractivity contribution in [1.29, 1.82) is 0 Å². The zero-order valence-electron chi connectivity index (χ0n) is 18.3. The third kappa shape index (κ3) is 9.47. The van der Waals surface area contributed by atoms with E-state index in [0.717, 1.165) is 49.1 Å². The number of hydrogen-bond acceptors (Lipinski definition) is 4. The number of aromatic nitrogens is 2. The summed E-state index contributed by atoms with van der Waals surface area (Å²) in [5, 5.41) is 10.9. The molecule has 0 bridgehead atoms. The molecule has 1 heterocycles. The molecule has 0 saturated heterocycles. The highest BCUT2D eigenvalue weighted by Gasteiger charge is 2.03. The van der Waals surface area contributed by atoms with Gasteiger partial charge in [0.2, 0.25) is 0 Å². The lowest BCUT2D eigenvalue weighted by atomic mass is 10.2. The van der Waals surface area contributed by atoms with Gasteiger partial charge in [0.15, 0.2) is 5.96 Å². The molecule has 0 spiro atoms. The fourth-order valence-electron chi connectivity index (χ4n) is 2.59. The Morgan fingerprint density at radius 1 is 1.17 bits per heavy atom. The van der Waals surface area contributed by atoms with Gasteiger partial charge in [0.25, 0.3) is 0 Å². The maximum Gasteiger partial charge on any atom is 0.196 e. The molecule has 2 aromatic rings. The molecule has 0 aliphatic rings. The summed E-state index contributed by atoms with van der Waals surface area (Å²) in [6, 6.07) is 7.90. The van der Waals surface area contributed by atoms with Crippen molar-refractivity contribution in [2.75, 3.05) is 25.1 Å². The molecule has 7 heteroatoms. The van der Waals surface area contributed by atoms with Gasteiger partial charge in [-0.25, -0.2) is 4.99 Å². The molecule has 0 unspecified atom stereocenters. The van der Waals surface area contributed by atoms with E-state index in [-0.39, 0.29) is 6.10 Å². The maximum atomic E-state index is 5.70. The molecule has 0 atom stereocenters. The molecule has 2 rings (SSSR count). The van der Waals surface area contributed by atoms with Crippen molar-refractivity contribution >= 4 is 11.6 Å². The SMILES string of the molecule is CC(C)COCCCNC(=NCc1cnn(C)c1)Nc1ccc(OC(C)C)cc1. The molecule has 0 aliphatic heterocycles. The van der Waals surface area contributed by atoms with Crippen molar-refractivity contribution in [3.63, 3.8) is 0 Å². The van der Waals surface area contributed by atoms with Crippen LogP contribution in [-0.4, -0.2) is 41.6 Å². The Morgan fingerprint density at radius 2 is 1.93 bits per heavy atom. The molecular weight excluding hydrogens is 366 g/mol. The first-order valence-corrected chi connectivity index (χ1v) is 10.3. The molecule has 29 heavy (non-hydrogen) atoms. The maximum absolute atomic E-state index is 5.70. The minimum atomic E-state index is 0.157. The van der Waals surface area contributed by atoms with Gasteiger partial charge in [0.05, 0.1) is 18.8 Å². The summed E-state index contributed by atoms with van der Waals surface area (Å²) in [7, 11) is 1.91. The summed E-state index contributed by atoms with van der Waals surface area (Å²) in [5.41, 5.74) is 2.02. The number of rotatable bonds is 11. The number of hydrogen-bond donors (Lipinski definition) is 2. The van der Waals surface area contributed by atoms with Gasteiger partial charge in [0.1, 0.15) is 5.75 Å². The Labute approximate surface area is 174 Å². The van der Waals surface area contributed by atoms with Crippen LogP contribution in [-0.2, 0) is 18.3 Å². The van der Waals surface area contributed by atoms with Crippen LogP contribution in [0.5, 0.6) is 5.75 Å². The number of aliphatic imine (C=N–C) groups is 1. The molecule has 0 fully saturated rings. The van der Waals surface area contributed by atoms with Crippen molar-refractivity contribution in [3.8, 4) is 5.75 Å². The third-order valence-corrected chi connectivity index (χ3v) is 3.88. The van der Waals surface area contributed by atoms with Crippen molar-refractivity contribution in [3.05, 3.63) is 42.2 Å². The monoisotopic (exact) mass is 401 g/mol. The third-order valence-electron chi connectivity index (χ3n) is 3.88. The van der Waals surface area contributed by atoms with Crippen LogP contribution < -0.4 is 15.4 Å². The van der Waals surface area contributed by atoms with Gasteiger partial charge in [-0.3, -0.25) is 4.68 Å². The highest BCUT2D eigenvalue weighted by Crippen LogP contribution is 2.17. The van der Waals surface area contributed by atoms with E-state index in [0.29, 0.717) is 12.5 Å². The van der Waals surface area contributed by atoms with Crippen molar-refractivity contribution in [2.45, 2.75) is 46.8 Å². The zero-order chi connectivity index (χ0) is 21.1. The fourth-order valence-corrected chi connectivity index (χ4v) is 2.59. The van der Waals surface area contributed by atoms with Crippen molar-refractivity contribution in [2.24, 2.45) is 18.0 Å². The van der Waals surface area contributed by atoms with Gasteiger partial charge in [0, 0.05) is 44.3 Å². The minimum Gasteiger partial charge on any atom is -0.491 e. The largest absolute Gasteiger partial charge is 0.491 e. The van der Waals surface area contributed by atoms with Crippen LogP contribution >= 0.6 is 0 Å². The van der Waals surface area contributed by atoms with Crippen molar-refractivity contribution < 1.29 is 9.47 Å². The Bertz CT molecular complexity index is 738. The van der Waals surface area contributed by atoms with E-state index in [4.69, 9.17) is 9.47 Å². The molecule has 160 valence electrons. The summed E-state index contributed by atoms with van der Waals surface area (Å²) >= 11 is 0. The Morgan fingerprint density at radius 3 is 2.55 bits per heavy atom. The quantitative estimate of drug-likeness (QED) is 0.340. The Kier molecular flexibility index (Phi) is 9.50. The lowest BCUT2D eigenvalue weighted by Crippen LogP contribution is -2.32. The topological polar surface area (TPSA) is 72.7 Å². The summed E-state index contributed by atoms with van der Waals surface area (Å²) < 4.78 is 13.1. The van der Waals surface area contributed by atoms with Crippen molar-refractivity contribution in [1.82, 2.24) is 15.1 Å². The second-order valence-corrected chi connectivity index (χ2v) is 7.75. The summed E-state index contributed by atoms with van der Waals surface area (Å²) in [4.78, 5) is 4.69. The average molecular weight is 402 g/mol. The van der Waals surface area contributed by atoms with E-state index in [9.17, 15) is 0 Å². The highest BCUT2D eigenvalue weighted by molar-refractivity contribution is 5.93. The normalized spacial score (nSPS) is 11.9. The molecule has 0 amide bonds. The second kappa shape index (κ2) is 12.1. The summed E-state index contributed by atoms with van der Waals surface area (Å²) in [6.07, 6.45) is 4.88. The van der Waals surface area contributed by atoms with Gasteiger partial charge >= 0.3 is 0 Å². The van der Waals surface area contributed by atoms with E-state index in [1.165, 1.54) is 0 Å². The van der Waals surface area contributed by atoms with Crippen LogP contribution in [0.15, 0.2) is 41.7 Å². The summed E-state index contributed by atoms with van der Waals surface area (Å²) in [6.45, 7) is 11.2. The number of aryl methyl sites for hydroxylation is 1. The first kappa shape index (κ1) is 22.7. The molecule has 2 N–H and O–H groups in total. The van der Waals surface area contributed by atoms with Crippen LogP contribution in [0.25, 0.3) is 0 Å². The van der Waals surface area contributed by atoms with Gasteiger partial charge in [-0.15, -0.1) is 0 Å². The molecule has 7 nitrogen and oxygen atoms in total. The highest BCUT2D eigenvalue weighted by atomic mass is 16.5. The second-order valence-electron chi connectivity index (χ2n) is 7.75. The molecule has 1 aromatic heterocycles. The number of anilines is 1. The molecular formula is C22H35N5O2. The van der Waals surface area contributed by atoms with E-state index in [1.54, 1.807) is 4.68 Å². The number of guanidine groups is 1.